The molecule has 14 heavy (non-hydrogen) atoms. The van der Waals surface area contributed by atoms with Gasteiger partial charge in [0.15, 0.2) is 6.29 Å². The second-order valence-corrected chi connectivity index (χ2v) is 3.05. The number of hydrogen-bond donors (Lipinski definition) is 0. The van der Waals surface area contributed by atoms with Gasteiger partial charge in [-0.2, -0.15) is 0 Å². The molecule has 0 aliphatic heterocycles. The van der Waals surface area contributed by atoms with Crippen LogP contribution in [-0.4, -0.2) is 21.3 Å². The predicted molar refractivity (Wildman–Crippen MR) is 54.5 cm³/mol. The molecule has 0 N–H and O–H groups in total. The molecule has 3 heteroatoms. The summed E-state index contributed by atoms with van der Waals surface area (Å²) in [4.78, 5) is 0. The van der Waals surface area contributed by atoms with Gasteiger partial charge < -0.3 is 14.2 Å². The highest BCUT2D eigenvalue weighted by atomic mass is 16.7. The number of benzene rings is 1. The first-order valence-electron chi connectivity index (χ1n) is 4.43. The van der Waals surface area contributed by atoms with Gasteiger partial charge in [-0.15, -0.1) is 0 Å². The molecule has 78 valence electrons. The Bertz CT molecular complexity index is 293. The molecule has 1 rings (SSSR count). The summed E-state index contributed by atoms with van der Waals surface area (Å²) in [6, 6.07) is 5.90. The average molecular weight is 196 g/mol. The van der Waals surface area contributed by atoms with E-state index >= 15 is 0 Å². The van der Waals surface area contributed by atoms with Crippen LogP contribution < -0.4 is 4.74 Å². The van der Waals surface area contributed by atoms with Crippen molar-refractivity contribution in [2.45, 2.75) is 13.2 Å². The molecule has 3 nitrogen and oxygen atoms in total. The summed E-state index contributed by atoms with van der Waals surface area (Å²) in [5, 5.41) is 0. The summed E-state index contributed by atoms with van der Waals surface area (Å²) in [7, 11) is 4.85. The molecular weight excluding hydrogens is 180 g/mol. The van der Waals surface area contributed by atoms with Gasteiger partial charge in [0, 0.05) is 19.8 Å². The van der Waals surface area contributed by atoms with Gasteiger partial charge in [0.2, 0.25) is 0 Å². The van der Waals surface area contributed by atoms with Gasteiger partial charge >= 0.3 is 0 Å². The molecular formula is C11H16O3. The Hall–Kier alpha value is -1.06. The topological polar surface area (TPSA) is 27.7 Å². The Morgan fingerprint density at radius 2 is 1.71 bits per heavy atom. The predicted octanol–water partition coefficient (Wildman–Crippen LogP) is 2.30. The molecule has 0 saturated heterocycles. The second-order valence-electron chi connectivity index (χ2n) is 3.05. The van der Waals surface area contributed by atoms with E-state index < -0.39 is 0 Å². The maximum Gasteiger partial charge on any atom is 0.186 e. The third kappa shape index (κ3) is 2.25. The van der Waals surface area contributed by atoms with Crippen molar-refractivity contribution in [2.24, 2.45) is 0 Å². The summed E-state index contributed by atoms with van der Waals surface area (Å²) in [5.41, 5.74) is 2.07. The lowest BCUT2D eigenvalue weighted by Crippen LogP contribution is -2.06. The van der Waals surface area contributed by atoms with Crippen molar-refractivity contribution in [2.75, 3.05) is 21.3 Å². The fraction of sp³-hybridized carbons (Fsp3) is 0.455. The minimum atomic E-state index is -0.371. The van der Waals surface area contributed by atoms with E-state index in [1.54, 1.807) is 21.3 Å². The second kappa shape index (κ2) is 4.98. The number of methoxy groups -OCH3 is 3. The summed E-state index contributed by atoms with van der Waals surface area (Å²) in [5.74, 6) is 0.782. The van der Waals surface area contributed by atoms with E-state index in [2.05, 4.69) is 0 Å². The first-order chi connectivity index (χ1) is 6.72. The quantitative estimate of drug-likeness (QED) is 0.691. The minimum Gasteiger partial charge on any atom is -0.496 e. The highest BCUT2D eigenvalue weighted by Gasteiger charge is 2.14. The molecule has 0 fully saturated rings. The zero-order valence-electron chi connectivity index (χ0n) is 9.03. The van der Waals surface area contributed by atoms with E-state index in [-0.39, 0.29) is 6.29 Å². The molecule has 1 aromatic carbocycles. The highest BCUT2D eigenvalue weighted by Crippen LogP contribution is 2.28. The van der Waals surface area contributed by atoms with Gasteiger partial charge in [0.05, 0.1) is 7.11 Å². The lowest BCUT2D eigenvalue weighted by atomic mass is 10.1. The van der Waals surface area contributed by atoms with Gasteiger partial charge in [0.1, 0.15) is 5.75 Å². The first kappa shape index (κ1) is 11.0. The van der Waals surface area contributed by atoms with Crippen LogP contribution in [-0.2, 0) is 9.47 Å². The van der Waals surface area contributed by atoms with Gasteiger partial charge in [-0.1, -0.05) is 11.6 Å². The molecule has 0 aromatic heterocycles. The fourth-order valence-electron chi connectivity index (χ4n) is 1.39. The van der Waals surface area contributed by atoms with Gasteiger partial charge in [0.25, 0.3) is 0 Å². The van der Waals surface area contributed by atoms with Gasteiger partial charge in [-0.05, 0) is 19.1 Å². The Balaban J connectivity index is 3.08. The largest absolute Gasteiger partial charge is 0.496 e. The highest BCUT2D eigenvalue weighted by molar-refractivity contribution is 5.37. The number of aryl methyl sites for hydroxylation is 1. The molecule has 0 heterocycles. The summed E-state index contributed by atoms with van der Waals surface area (Å²) in [6.07, 6.45) is -0.371. The van der Waals surface area contributed by atoms with Crippen molar-refractivity contribution in [1.29, 1.82) is 0 Å². The maximum absolute atomic E-state index is 5.22. The molecule has 0 spiro atoms. The smallest absolute Gasteiger partial charge is 0.186 e. The molecule has 0 unspecified atom stereocenters. The molecule has 0 amide bonds. The summed E-state index contributed by atoms with van der Waals surface area (Å²) < 4.78 is 15.6. The van der Waals surface area contributed by atoms with Crippen LogP contribution in [0.3, 0.4) is 0 Å². The lowest BCUT2D eigenvalue weighted by molar-refractivity contribution is -0.107. The van der Waals surface area contributed by atoms with E-state index in [0.717, 1.165) is 16.9 Å². The maximum atomic E-state index is 5.22. The van der Waals surface area contributed by atoms with E-state index in [1.165, 1.54) is 0 Å². The average Bonchev–Trinajstić information content (AvgIpc) is 2.20. The fourth-order valence-corrected chi connectivity index (χ4v) is 1.39. The summed E-state index contributed by atoms with van der Waals surface area (Å²) in [6.45, 7) is 2.02. The van der Waals surface area contributed by atoms with E-state index in [0.29, 0.717) is 0 Å². The van der Waals surface area contributed by atoms with E-state index in [1.807, 2.05) is 25.1 Å². The number of hydrogen-bond acceptors (Lipinski definition) is 3. The van der Waals surface area contributed by atoms with Crippen LogP contribution in [0.4, 0.5) is 0 Å². The third-order valence-electron chi connectivity index (χ3n) is 2.07. The molecule has 0 aliphatic rings. The number of ether oxygens (including phenoxy) is 3. The number of rotatable bonds is 4. The van der Waals surface area contributed by atoms with Crippen molar-refractivity contribution in [3.05, 3.63) is 29.3 Å². The Morgan fingerprint density at radius 3 is 2.21 bits per heavy atom. The third-order valence-corrected chi connectivity index (χ3v) is 2.07. The standard InChI is InChI=1S/C11H16O3/c1-8-5-6-10(12-2)9(7-8)11(13-3)14-4/h5-7,11H,1-4H3. The van der Waals surface area contributed by atoms with Crippen LogP contribution >= 0.6 is 0 Å². The molecule has 0 bridgehead atoms. The molecule has 0 atom stereocenters. The zero-order chi connectivity index (χ0) is 10.6. The Morgan fingerprint density at radius 1 is 1.07 bits per heavy atom. The minimum absolute atomic E-state index is 0.371. The van der Waals surface area contributed by atoms with Crippen molar-refractivity contribution < 1.29 is 14.2 Å². The molecule has 0 aliphatic carbocycles. The zero-order valence-corrected chi connectivity index (χ0v) is 9.03. The lowest BCUT2D eigenvalue weighted by Gasteiger charge is -2.17. The monoisotopic (exact) mass is 196 g/mol. The van der Waals surface area contributed by atoms with Crippen LogP contribution in [0.5, 0.6) is 5.75 Å². The van der Waals surface area contributed by atoms with Crippen molar-refractivity contribution in [1.82, 2.24) is 0 Å². The van der Waals surface area contributed by atoms with Gasteiger partial charge in [-0.3, -0.25) is 0 Å². The normalized spacial score (nSPS) is 10.6. The Labute approximate surface area is 84.6 Å². The first-order valence-corrected chi connectivity index (χ1v) is 4.43. The Kier molecular flexibility index (Phi) is 3.92. The van der Waals surface area contributed by atoms with Crippen LogP contribution in [0.15, 0.2) is 18.2 Å². The molecule has 1 aromatic rings. The van der Waals surface area contributed by atoms with Crippen molar-refractivity contribution >= 4 is 0 Å². The summed E-state index contributed by atoms with van der Waals surface area (Å²) >= 11 is 0. The van der Waals surface area contributed by atoms with Crippen molar-refractivity contribution in [3.63, 3.8) is 0 Å². The van der Waals surface area contributed by atoms with Crippen LogP contribution in [0.25, 0.3) is 0 Å². The van der Waals surface area contributed by atoms with Crippen LogP contribution in [0, 0.1) is 6.92 Å². The SMILES string of the molecule is COc1ccc(C)cc1C(OC)OC. The molecule has 0 saturated carbocycles. The van der Waals surface area contributed by atoms with Crippen molar-refractivity contribution in [3.8, 4) is 5.75 Å². The van der Waals surface area contributed by atoms with E-state index in [9.17, 15) is 0 Å². The van der Waals surface area contributed by atoms with Crippen LogP contribution in [0.2, 0.25) is 0 Å². The van der Waals surface area contributed by atoms with Gasteiger partial charge in [-0.25, -0.2) is 0 Å². The molecule has 0 radical (unpaired) electrons. The van der Waals surface area contributed by atoms with Crippen LogP contribution in [0.1, 0.15) is 17.4 Å². The van der Waals surface area contributed by atoms with E-state index in [4.69, 9.17) is 14.2 Å².